The van der Waals surface area contributed by atoms with Gasteiger partial charge < -0.3 is 4.40 Å². The van der Waals surface area contributed by atoms with Crippen LogP contribution in [-0.4, -0.2) is 14.4 Å². The van der Waals surface area contributed by atoms with Crippen LogP contribution in [0.5, 0.6) is 0 Å². The topological polar surface area (TPSA) is 30.2 Å². The number of imidazole rings is 1. The Morgan fingerprint density at radius 2 is 1.77 bits per heavy atom. The van der Waals surface area contributed by atoms with E-state index in [9.17, 15) is 0 Å². The molecule has 0 bridgehead atoms. The molecule has 0 aromatic carbocycles. The maximum absolute atomic E-state index is 4.02. The van der Waals surface area contributed by atoms with E-state index in [-0.39, 0.29) is 0 Å². The molecule has 2 heterocycles. The maximum atomic E-state index is 4.02. The lowest BCUT2D eigenvalue weighted by Gasteiger charge is -1.86. The van der Waals surface area contributed by atoms with E-state index < -0.39 is 0 Å². The summed E-state index contributed by atoms with van der Waals surface area (Å²) >= 11 is 0. The van der Waals surface area contributed by atoms with E-state index >= 15 is 0 Å². The Balaban J connectivity index is 0.000000184. The third-order valence-corrected chi connectivity index (χ3v) is 1.20. The molecule has 0 spiro atoms. The van der Waals surface area contributed by atoms with Crippen LogP contribution in [0.15, 0.2) is 31.0 Å². The fourth-order valence-electron chi connectivity index (χ4n) is 0.771. The zero-order valence-corrected chi connectivity index (χ0v) is 8.31. The van der Waals surface area contributed by atoms with Gasteiger partial charge in [0.25, 0.3) is 0 Å². The maximum Gasteiger partial charge on any atom is 0.155 e. The largest absolute Gasteiger partial charge is 0.304 e. The van der Waals surface area contributed by atoms with Crippen LogP contribution in [0, 0.1) is 5.92 Å². The van der Waals surface area contributed by atoms with Crippen LogP contribution in [0.25, 0.3) is 5.65 Å². The van der Waals surface area contributed by atoms with Crippen molar-refractivity contribution in [3.8, 4) is 0 Å². The van der Waals surface area contributed by atoms with Crippen molar-refractivity contribution in [2.75, 3.05) is 0 Å². The van der Waals surface area contributed by atoms with Crippen LogP contribution in [0.4, 0.5) is 0 Å². The number of rotatable bonds is 0. The second kappa shape index (κ2) is 4.60. The number of fused-ring (bicyclic) bond motifs is 1. The highest BCUT2D eigenvalue weighted by Gasteiger charge is 1.86. The Bertz CT molecular complexity index is 319. The van der Waals surface area contributed by atoms with Crippen molar-refractivity contribution < 1.29 is 0 Å². The van der Waals surface area contributed by atoms with Gasteiger partial charge >= 0.3 is 0 Å². The fraction of sp³-hybridized carbons (Fsp3) is 0.400. The van der Waals surface area contributed by atoms with E-state index in [0.29, 0.717) is 0 Å². The molecular weight excluding hydrogens is 162 g/mol. The fourth-order valence-corrected chi connectivity index (χ4v) is 0.771. The molecule has 3 heteroatoms. The molecule has 0 atom stereocenters. The van der Waals surface area contributed by atoms with E-state index in [2.05, 4.69) is 30.7 Å². The van der Waals surface area contributed by atoms with Crippen molar-refractivity contribution in [2.24, 2.45) is 5.92 Å². The smallest absolute Gasteiger partial charge is 0.155 e. The van der Waals surface area contributed by atoms with Crippen LogP contribution in [0.1, 0.15) is 20.8 Å². The summed E-state index contributed by atoms with van der Waals surface area (Å²) in [4.78, 5) is 7.92. The Kier molecular flexibility index (Phi) is 3.43. The third-order valence-electron chi connectivity index (χ3n) is 1.20. The standard InChI is InChI=1S/C6H5N3.C4H10/c1-3-9-4-2-8-6(9)5-7-1;1-4(2)3/h1-5H;4H,1-3H3. The summed E-state index contributed by atoms with van der Waals surface area (Å²) in [6.07, 6.45) is 8.95. The molecule has 0 saturated carbocycles. The monoisotopic (exact) mass is 177 g/mol. The predicted molar refractivity (Wildman–Crippen MR) is 53.5 cm³/mol. The van der Waals surface area contributed by atoms with Crippen LogP contribution in [0.2, 0.25) is 0 Å². The Labute approximate surface area is 78.5 Å². The molecular formula is C10H15N3. The first kappa shape index (κ1) is 9.71. The molecule has 2 aromatic heterocycles. The summed E-state index contributed by atoms with van der Waals surface area (Å²) in [5.41, 5.74) is 0.887. The molecule has 0 aliphatic heterocycles. The Morgan fingerprint density at radius 1 is 1.15 bits per heavy atom. The Morgan fingerprint density at radius 3 is 2.38 bits per heavy atom. The summed E-state index contributed by atoms with van der Waals surface area (Å²) in [7, 11) is 0. The van der Waals surface area contributed by atoms with Gasteiger partial charge in [-0.2, -0.15) is 0 Å². The average molecular weight is 177 g/mol. The molecule has 0 aliphatic carbocycles. The lowest BCUT2D eigenvalue weighted by Crippen LogP contribution is -1.81. The van der Waals surface area contributed by atoms with E-state index in [0.717, 1.165) is 11.6 Å². The lowest BCUT2D eigenvalue weighted by atomic mass is 10.3. The minimum atomic E-state index is 0.833. The summed E-state index contributed by atoms with van der Waals surface area (Å²) in [5.74, 6) is 0.833. The van der Waals surface area contributed by atoms with Crippen molar-refractivity contribution in [1.29, 1.82) is 0 Å². The van der Waals surface area contributed by atoms with Crippen molar-refractivity contribution >= 4 is 5.65 Å². The lowest BCUT2D eigenvalue weighted by molar-refractivity contribution is 0.737. The first-order valence-corrected chi connectivity index (χ1v) is 4.43. The molecule has 0 aliphatic rings. The second-order valence-electron chi connectivity index (χ2n) is 3.50. The van der Waals surface area contributed by atoms with E-state index in [1.54, 1.807) is 18.6 Å². The van der Waals surface area contributed by atoms with Gasteiger partial charge in [0, 0.05) is 24.8 Å². The average Bonchev–Trinajstić information content (AvgIpc) is 2.49. The summed E-state index contributed by atoms with van der Waals surface area (Å²) in [6.45, 7) is 6.50. The molecule has 0 saturated heterocycles. The zero-order chi connectivity index (χ0) is 9.68. The van der Waals surface area contributed by atoms with Crippen LogP contribution in [0.3, 0.4) is 0 Å². The Hall–Kier alpha value is -1.38. The molecule has 0 amide bonds. The van der Waals surface area contributed by atoms with E-state index in [1.807, 2.05) is 16.8 Å². The van der Waals surface area contributed by atoms with Gasteiger partial charge in [-0.1, -0.05) is 20.8 Å². The SMILES string of the molecule is CC(C)C.c1cn2ccnc2cn1. The number of nitrogens with zero attached hydrogens (tertiary/aromatic N) is 3. The van der Waals surface area contributed by atoms with Gasteiger partial charge in [-0.25, -0.2) is 4.98 Å². The third kappa shape index (κ3) is 3.23. The minimum Gasteiger partial charge on any atom is -0.304 e. The minimum absolute atomic E-state index is 0.833. The number of aromatic nitrogens is 3. The normalized spacial score (nSPS) is 9.85. The first-order chi connectivity index (χ1) is 6.20. The van der Waals surface area contributed by atoms with Crippen molar-refractivity contribution in [2.45, 2.75) is 20.8 Å². The summed E-state index contributed by atoms with van der Waals surface area (Å²) in [6, 6.07) is 0. The van der Waals surface area contributed by atoms with E-state index in [4.69, 9.17) is 0 Å². The first-order valence-electron chi connectivity index (χ1n) is 4.43. The van der Waals surface area contributed by atoms with Crippen LogP contribution in [-0.2, 0) is 0 Å². The summed E-state index contributed by atoms with van der Waals surface area (Å²) in [5, 5.41) is 0. The summed E-state index contributed by atoms with van der Waals surface area (Å²) < 4.78 is 1.91. The van der Waals surface area contributed by atoms with Crippen LogP contribution >= 0.6 is 0 Å². The molecule has 13 heavy (non-hydrogen) atoms. The second-order valence-corrected chi connectivity index (χ2v) is 3.50. The van der Waals surface area contributed by atoms with Gasteiger partial charge in [-0.3, -0.25) is 4.98 Å². The van der Waals surface area contributed by atoms with Gasteiger partial charge in [0.05, 0.1) is 6.20 Å². The highest BCUT2D eigenvalue weighted by atomic mass is 15.0. The van der Waals surface area contributed by atoms with Gasteiger partial charge in [-0.05, 0) is 5.92 Å². The van der Waals surface area contributed by atoms with Crippen molar-refractivity contribution in [3.63, 3.8) is 0 Å². The van der Waals surface area contributed by atoms with Gasteiger partial charge in [0.2, 0.25) is 0 Å². The predicted octanol–water partition coefficient (Wildman–Crippen LogP) is 2.39. The highest BCUT2D eigenvalue weighted by Crippen LogP contribution is 1.93. The van der Waals surface area contributed by atoms with Crippen molar-refractivity contribution in [3.05, 3.63) is 31.0 Å². The highest BCUT2D eigenvalue weighted by molar-refractivity contribution is 5.33. The van der Waals surface area contributed by atoms with E-state index in [1.165, 1.54) is 0 Å². The molecule has 3 nitrogen and oxygen atoms in total. The molecule has 0 fully saturated rings. The molecule has 0 N–H and O–H groups in total. The number of hydrogen-bond donors (Lipinski definition) is 0. The van der Waals surface area contributed by atoms with Crippen LogP contribution < -0.4 is 0 Å². The van der Waals surface area contributed by atoms with Gasteiger partial charge in [0.15, 0.2) is 5.65 Å². The number of hydrogen-bond acceptors (Lipinski definition) is 2. The van der Waals surface area contributed by atoms with Gasteiger partial charge in [-0.15, -0.1) is 0 Å². The van der Waals surface area contributed by atoms with Gasteiger partial charge in [0.1, 0.15) is 0 Å². The molecule has 2 rings (SSSR count). The molecule has 0 unspecified atom stereocenters. The molecule has 0 radical (unpaired) electrons. The zero-order valence-electron chi connectivity index (χ0n) is 8.31. The molecule has 70 valence electrons. The van der Waals surface area contributed by atoms with Crippen molar-refractivity contribution in [1.82, 2.24) is 14.4 Å². The quantitative estimate of drug-likeness (QED) is 0.618. The molecule has 2 aromatic rings.